The fourth-order valence-electron chi connectivity index (χ4n) is 4.16. The number of benzene rings is 2. The predicted octanol–water partition coefficient (Wildman–Crippen LogP) is 3.43. The van der Waals surface area contributed by atoms with Crippen molar-refractivity contribution in [3.63, 3.8) is 0 Å². The lowest BCUT2D eigenvalue weighted by molar-refractivity contribution is -0.118. The lowest BCUT2D eigenvalue weighted by Gasteiger charge is -2.38. The third-order valence-electron chi connectivity index (χ3n) is 5.34. The molecule has 1 unspecified atom stereocenters. The van der Waals surface area contributed by atoms with E-state index < -0.39 is 5.41 Å². The second-order valence-corrected chi connectivity index (χ2v) is 7.82. The lowest BCUT2D eigenvalue weighted by atomic mass is 9.68. The Bertz CT molecular complexity index is 1140. The summed E-state index contributed by atoms with van der Waals surface area (Å²) in [4.78, 5) is 14.4. The fourth-order valence-corrected chi connectivity index (χ4v) is 5.28. The first-order valence-electron chi connectivity index (χ1n) is 8.54. The SMILES string of the molecule is Cc1ccc2c(c1)C1=C(CS2)C2(C(=O)Nc3ccccc32)C(C#N)=C(N)O1. The van der Waals surface area contributed by atoms with Crippen LogP contribution >= 0.6 is 11.8 Å². The first kappa shape index (κ1) is 16.0. The molecule has 0 aliphatic carbocycles. The number of rotatable bonds is 0. The van der Waals surface area contributed by atoms with Crippen molar-refractivity contribution in [3.8, 4) is 6.07 Å². The Balaban J connectivity index is 1.88. The monoisotopic (exact) mass is 373 g/mol. The number of anilines is 1. The smallest absolute Gasteiger partial charge is 0.244 e. The summed E-state index contributed by atoms with van der Waals surface area (Å²) >= 11 is 1.64. The van der Waals surface area contributed by atoms with Crippen LogP contribution in [0.2, 0.25) is 0 Å². The van der Waals surface area contributed by atoms with Gasteiger partial charge in [-0.1, -0.05) is 29.8 Å². The number of hydrogen-bond donors (Lipinski definition) is 2. The minimum absolute atomic E-state index is 0.0116. The molecule has 3 aliphatic rings. The summed E-state index contributed by atoms with van der Waals surface area (Å²) in [6.07, 6.45) is 0. The summed E-state index contributed by atoms with van der Waals surface area (Å²) in [6, 6.07) is 15.7. The molecule has 0 bridgehead atoms. The second-order valence-electron chi connectivity index (χ2n) is 6.80. The Morgan fingerprint density at radius 1 is 1.30 bits per heavy atom. The number of para-hydroxylation sites is 1. The molecule has 27 heavy (non-hydrogen) atoms. The number of nitriles is 1. The van der Waals surface area contributed by atoms with Gasteiger partial charge in [-0.25, -0.2) is 0 Å². The Hall–Kier alpha value is -3.17. The highest BCUT2D eigenvalue weighted by atomic mass is 32.2. The maximum atomic E-state index is 13.3. The van der Waals surface area contributed by atoms with Crippen LogP contribution in [0, 0.1) is 18.3 Å². The quantitative estimate of drug-likeness (QED) is 0.739. The van der Waals surface area contributed by atoms with E-state index >= 15 is 0 Å². The van der Waals surface area contributed by atoms with Crippen LogP contribution in [0.5, 0.6) is 0 Å². The van der Waals surface area contributed by atoms with Crippen LogP contribution in [0.3, 0.4) is 0 Å². The van der Waals surface area contributed by atoms with Crippen molar-refractivity contribution in [3.05, 3.63) is 76.2 Å². The Morgan fingerprint density at radius 3 is 2.93 bits per heavy atom. The van der Waals surface area contributed by atoms with Gasteiger partial charge in [0.05, 0.1) is 0 Å². The van der Waals surface area contributed by atoms with E-state index in [4.69, 9.17) is 10.5 Å². The Labute approximate surface area is 160 Å². The number of fused-ring (bicyclic) bond motifs is 5. The molecule has 2 aromatic rings. The van der Waals surface area contributed by atoms with Gasteiger partial charge in [0.2, 0.25) is 11.8 Å². The summed E-state index contributed by atoms with van der Waals surface area (Å²) in [6.45, 7) is 2.01. The van der Waals surface area contributed by atoms with Crippen molar-refractivity contribution in [2.45, 2.75) is 17.2 Å². The number of nitrogens with two attached hydrogens (primary N) is 1. The van der Waals surface area contributed by atoms with E-state index in [0.29, 0.717) is 17.2 Å². The minimum atomic E-state index is -1.24. The molecular formula is C21H15N3O2S. The third kappa shape index (κ3) is 1.92. The maximum absolute atomic E-state index is 13.3. The molecule has 1 spiro atoms. The zero-order valence-corrected chi connectivity index (χ0v) is 15.3. The van der Waals surface area contributed by atoms with E-state index in [2.05, 4.69) is 17.5 Å². The molecule has 0 fully saturated rings. The molecule has 3 N–H and O–H groups in total. The lowest BCUT2D eigenvalue weighted by Crippen LogP contribution is -2.44. The molecule has 1 atom stereocenters. The molecule has 5 rings (SSSR count). The predicted molar refractivity (Wildman–Crippen MR) is 103 cm³/mol. The van der Waals surface area contributed by atoms with Crippen LogP contribution in [0.15, 0.2) is 64.4 Å². The summed E-state index contributed by atoms with van der Waals surface area (Å²) in [5.41, 5.74) is 9.33. The number of ether oxygens (including phenoxy) is 1. The molecule has 0 aromatic heterocycles. The van der Waals surface area contributed by atoms with Crippen molar-refractivity contribution in [2.24, 2.45) is 5.73 Å². The van der Waals surface area contributed by atoms with E-state index in [9.17, 15) is 10.1 Å². The number of hydrogen-bond acceptors (Lipinski definition) is 5. The first-order valence-corrected chi connectivity index (χ1v) is 9.52. The van der Waals surface area contributed by atoms with E-state index in [-0.39, 0.29) is 17.4 Å². The van der Waals surface area contributed by atoms with Crippen molar-refractivity contribution in [1.82, 2.24) is 0 Å². The maximum Gasteiger partial charge on any atom is 0.244 e. The zero-order valence-electron chi connectivity index (χ0n) is 14.5. The average Bonchev–Trinajstić information content (AvgIpc) is 2.95. The van der Waals surface area contributed by atoms with Gasteiger partial charge in [-0.3, -0.25) is 4.79 Å². The summed E-state index contributed by atoms with van der Waals surface area (Å²) in [5, 5.41) is 12.8. The van der Waals surface area contributed by atoms with Crippen molar-refractivity contribution < 1.29 is 9.53 Å². The minimum Gasteiger partial charge on any atom is -0.440 e. The van der Waals surface area contributed by atoms with Crippen molar-refractivity contribution in [2.75, 3.05) is 11.1 Å². The molecule has 1 amide bonds. The van der Waals surface area contributed by atoms with Gasteiger partial charge in [-0.05, 0) is 25.1 Å². The fraction of sp³-hybridized carbons (Fsp3) is 0.143. The Kier molecular flexibility index (Phi) is 3.22. The van der Waals surface area contributed by atoms with Gasteiger partial charge in [0, 0.05) is 33.0 Å². The number of carbonyl (C=O) groups excluding carboxylic acids is 1. The summed E-state index contributed by atoms with van der Waals surface area (Å²) in [5.74, 6) is 0.875. The van der Waals surface area contributed by atoms with Crippen LogP contribution < -0.4 is 11.1 Å². The van der Waals surface area contributed by atoms with Crippen LogP contribution in [-0.4, -0.2) is 11.7 Å². The largest absolute Gasteiger partial charge is 0.440 e. The van der Waals surface area contributed by atoms with Gasteiger partial charge in [0.25, 0.3) is 0 Å². The molecule has 0 radical (unpaired) electrons. The molecule has 0 saturated heterocycles. The molecule has 2 aromatic carbocycles. The number of amides is 1. The normalized spacial score (nSPS) is 22.6. The number of aryl methyl sites for hydroxylation is 1. The van der Waals surface area contributed by atoms with Gasteiger partial charge in [0.15, 0.2) is 0 Å². The Morgan fingerprint density at radius 2 is 2.11 bits per heavy atom. The number of thioether (sulfide) groups is 1. The molecule has 3 heterocycles. The highest BCUT2D eigenvalue weighted by molar-refractivity contribution is 7.99. The molecule has 6 heteroatoms. The van der Waals surface area contributed by atoms with E-state index in [0.717, 1.165) is 27.2 Å². The number of nitrogens with one attached hydrogen (secondary N) is 1. The highest BCUT2D eigenvalue weighted by Gasteiger charge is 2.58. The van der Waals surface area contributed by atoms with Crippen LogP contribution in [0.25, 0.3) is 5.76 Å². The standard InChI is InChI=1S/C21H15N3O2S/c1-11-6-7-17-12(8-11)18-15(10-27-17)21(14(9-22)19(23)26-18)13-4-2-3-5-16(13)24-20(21)25/h2-8H,10,23H2,1H3,(H,24,25). The van der Waals surface area contributed by atoms with Gasteiger partial charge < -0.3 is 15.8 Å². The first-order chi connectivity index (χ1) is 13.1. The van der Waals surface area contributed by atoms with E-state index in [1.165, 1.54) is 0 Å². The van der Waals surface area contributed by atoms with Crippen molar-refractivity contribution in [1.29, 1.82) is 5.26 Å². The third-order valence-corrected chi connectivity index (χ3v) is 6.44. The molecular weight excluding hydrogens is 358 g/mol. The van der Waals surface area contributed by atoms with Crippen LogP contribution in [0.4, 0.5) is 5.69 Å². The topological polar surface area (TPSA) is 88.1 Å². The molecule has 3 aliphatic heterocycles. The summed E-state index contributed by atoms with van der Waals surface area (Å²) in [7, 11) is 0. The van der Waals surface area contributed by atoms with Crippen molar-refractivity contribution >= 4 is 29.1 Å². The van der Waals surface area contributed by atoms with Crippen LogP contribution in [0.1, 0.15) is 16.7 Å². The summed E-state index contributed by atoms with van der Waals surface area (Å²) < 4.78 is 5.95. The van der Waals surface area contributed by atoms with Gasteiger partial charge in [-0.15, -0.1) is 11.8 Å². The molecule has 0 saturated carbocycles. The molecule has 132 valence electrons. The van der Waals surface area contributed by atoms with Crippen LogP contribution in [-0.2, 0) is 14.9 Å². The average molecular weight is 373 g/mol. The van der Waals surface area contributed by atoms with Gasteiger partial charge in [-0.2, -0.15) is 5.26 Å². The van der Waals surface area contributed by atoms with E-state index in [1.54, 1.807) is 11.8 Å². The zero-order chi connectivity index (χ0) is 18.8. The highest BCUT2D eigenvalue weighted by Crippen LogP contribution is 2.56. The van der Waals surface area contributed by atoms with Gasteiger partial charge in [0.1, 0.15) is 22.8 Å². The van der Waals surface area contributed by atoms with E-state index in [1.807, 2.05) is 43.3 Å². The number of carbonyl (C=O) groups is 1. The second kappa shape index (κ2) is 5.41. The number of nitrogens with zero attached hydrogens (tertiary/aromatic N) is 1. The van der Waals surface area contributed by atoms with Gasteiger partial charge >= 0.3 is 0 Å². The molecule has 5 nitrogen and oxygen atoms in total.